The maximum atomic E-state index is 13.2. The monoisotopic (exact) mass is 322 g/mol. The van der Waals surface area contributed by atoms with Crippen molar-refractivity contribution in [1.29, 1.82) is 0 Å². The van der Waals surface area contributed by atoms with Gasteiger partial charge >= 0.3 is 0 Å². The van der Waals surface area contributed by atoms with Crippen LogP contribution in [0.25, 0.3) is 10.9 Å². The van der Waals surface area contributed by atoms with Crippen molar-refractivity contribution in [2.75, 3.05) is 6.54 Å². The second kappa shape index (κ2) is 6.19. The van der Waals surface area contributed by atoms with E-state index < -0.39 is 0 Å². The number of aryl methyl sites for hydroxylation is 2. The van der Waals surface area contributed by atoms with Gasteiger partial charge in [-0.25, -0.2) is 0 Å². The van der Waals surface area contributed by atoms with Crippen LogP contribution in [0.15, 0.2) is 24.3 Å². The van der Waals surface area contributed by atoms with Crippen LogP contribution in [0.5, 0.6) is 0 Å². The molecule has 0 radical (unpaired) electrons. The van der Waals surface area contributed by atoms with Crippen LogP contribution in [0.4, 0.5) is 0 Å². The summed E-state index contributed by atoms with van der Waals surface area (Å²) in [5.74, 6) is 0.908. The normalized spacial score (nSPS) is 21.8. The van der Waals surface area contributed by atoms with E-state index in [1.807, 2.05) is 13.0 Å². The molecule has 1 aliphatic heterocycles. The van der Waals surface area contributed by atoms with Crippen LogP contribution in [0.1, 0.15) is 60.1 Å². The molecule has 1 atom stereocenters. The largest absolute Gasteiger partial charge is 0.335 e. The molecular formula is C21H26N2O. The number of aromatic nitrogens is 1. The molecule has 1 unspecified atom stereocenters. The Morgan fingerprint density at radius 1 is 1.08 bits per heavy atom. The Morgan fingerprint density at radius 2 is 1.88 bits per heavy atom. The molecule has 1 aliphatic carbocycles. The van der Waals surface area contributed by atoms with Gasteiger partial charge in [-0.3, -0.25) is 9.78 Å². The number of amides is 1. The van der Waals surface area contributed by atoms with Gasteiger partial charge in [-0.05, 0) is 63.6 Å². The first-order chi connectivity index (χ1) is 11.6. The molecule has 0 N–H and O–H groups in total. The summed E-state index contributed by atoms with van der Waals surface area (Å²) in [7, 11) is 0. The van der Waals surface area contributed by atoms with Crippen LogP contribution in [0.2, 0.25) is 0 Å². The van der Waals surface area contributed by atoms with Crippen molar-refractivity contribution in [3.63, 3.8) is 0 Å². The first kappa shape index (κ1) is 15.6. The Labute approximate surface area is 144 Å². The molecule has 0 spiro atoms. The number of nitrogens with zero attached hydrogens (tertiary/aromatic N) is 2. The number of carbonyl (C=O) groups is 1. The molecule has 3 heteroatoms. The van der Waals surface area contributed by atoms with Crippen molar-refractivity contribution in [2.24, 2.45) is 5.92 Å². The quantitative estimate of drug-likeness (QED) is 0.806. The maximum absolute atomic E-state index is 13.2. The first-order valence-electron chi connectivity index (χ1n) is 9.32. The van der Waals surface area contributed by atoms with Gasteiger partial charge in [0.1, 0.15) is 0 Å². The minimum atomic E-state index is 0.192. The fourth-order valence-corrected chi connectivity index (χ4v) is 4.64. The molecule has 2 fully saturated rings. The predicted octanol–water partition coefficient (Wildman–Crippen LogP) is 4.65. The lowest BCUT2D eigenvalue weighted by molar-refractivity contribution is 0.0688. The molecule has 1 amide bonds. The average Bonchev–Trinajstić information content (AvgIpc) is 3.24. The smallest absolute Gasteiger partial charge is 0.255 e. The zero-order chi connectivity index (χ0) is 16.7. The third-order valence-electron chi connectivity index (χ3n) is 5.90. The zero-order valence-electron chi connectivity index (χ0n) is 14.7. The molecule has 1 aromatic heterocycles. The summed E-state index contributed by atoms with van der Waals surface area (Å²) in [6, 6.07) is 8.75. The van der Waals surface area contributed by atoms with Crippen LogP contribution in [0.3, 0.4) is 0 Å². The van der Waals surface area contributed by atoms with Crippen molar-refractivity contribution in [3.8, 4) is 0 Å². The molecule has 3 nitrogen and oxygen atoms in total. The van der Waals surface area contributed by atoms with E-state index in [-0.39, 0.29) is 5.91 Å². The third kappa shape index (κ3) is 2.70. The molecular weight excluding hydrogens is 296 g/mol. The summed E-state index contributed by atoms with van der Waals surface area (Å²) < 4.78 is 0. The molecule has 1 saturated heterocycles. The Kier molecular flexibility index (Phi) is 4.03. The predicted molar refractivity (Wildman–Crippen MR) is 97.2 cm³/mol. The summed E-state index contributed by atoms with van der Waals surface area (Å²) >= 11 is 0. The summed E-state index contributed by atoms with van der Waals surface area (Å²) in [6.45, 7) is 4.95. The van der Waals surface area contributed by atoms with Crippen molar-refractivity contribution >= 4 is 16.8 Å². The molecule has 2 heterocycles. The number of hydrogen-bond acceptors (Lipinski definition) is 2. The number of carbonyl (C=O) groups excluding carboxylic acids is 1. The van der Waals surface area contributed by atoms with Gasteiger partial charge in [-0.15, -0.1) is 0 Å². The number of hydrogen-bond donors (Lipinski definition) is 0. The minimum Gasteiger partial charge on any atom is -0.335 e. The number of rotatable bonds is 2. The average molecular weight is 322 g/mol. The standard InChI is InChI=1S/C21H26N2O/c1-14-9-10-19-17(12-14)13-18(15(2)22-19)21(24)23-11-5-8-20(23)16-6-3-4-7-16/h9-10,12-13,16,20H,3-8,11H2,1-2H3. The molecule has 1 saturated carbocycles. The summed E-state index contributed by atoms with van der Waals surface area (Å²) in [4.78, 5) is 20.1. The highest BCUT2D eigenvalue weighted by Gasteiger charge is 2.36. The topological polar surface area (TPSA) is 33.2 Å². The van der Waals surface area contributed by atoms with Gasteiger partial charge in [0.2, 0.25) is 0 Å². The van der Waals surface area contributed by atoms with Gasteiger partial charge < -0.3 is 4.90 Å². The maximum Gasteiger partial charge on any atom is 0.255 e. The minimum absolute atomic E-state index is 0.192. The van der Waals surface area contributed by atoms with Gasteiger partial charge in [0.25, 0.3) is 5.91 Å². The fourth-order valence-electron chi connectivity index (χ4n) is 4.64. The summed E-state index contributed by atoms with van der Waals surface area (Å²) in [6.07, 6.45) is 7.57. The first-order valence-corrected chi connectivity index (χ1v) is 9.32. The lowest BCUT2D eigenvalue weighted by atomic mass is 9.95. The van der Waals surface area contributed by atoms with E-state index in [9.17, 15) is 4.79 Å². The lowest BCUT2D eigenvalue weighted by Gasteiger charge is -2.30. The summed E-state index contributed by atoms with van der Waals surface area (Å²) in [5, 5.41) is 1.07. The Bertz CT molecular complexity index is 777. The van der Waals surface area contributed by atoms with Crippen LogP contribution in [0, 0.1) is 19.8 Å². The Hall–Kier alpha value is -1.90. The van der Waals surface area contributed by atoms with E-state index in [0.717, 1.165) is 35.1 Å². The van der Waals surface area contributed by atoms with E-state index in [0.29, 0.717) is 12.0 Å². The molecule has 0 bridgehead atoms. The van der Waals surface area contributed by atoms with Gasteiger partial charge in [0.15, 0.2) is 0 Å². The Balaban J connectivity index is 1.68. The van der Waals surface area contributed by atoms with Crippen LogP contribution in [-0.4, -0.2) is 28.4 Å². The molecule has 2 aliphatic rings. The van der Waals surface area contributed by atoms with Gasteiger partial charge in [-0.2, -0.15) is 0 Å². The highest BCUT2D eigenvalue weighted by atomic mass is 16.2. The van der Waals surface area contributed by atoms with E-state index in [4.69, 9.17) is 0 Å². The number of benzene rings is 1. The second-order valence-electron chi connectivity index (χ2n) is 7.57. The molecule has 126 valence electrons. The van der Waals surface area contributed by atoms with E-state index in [2.05, 4.69) is 35.0 Å². The van der Waals surface area contributed by atoms with Crippen LogP contribution in [-0.2, 0) is 0 Å². The van der Waals surface area contributed by atoms with Crippen LogP contribution >= 0.6 is 0 Å². The van der Waals surface area contributed by atoms with Gasteiger partial charge in [-0.1, -0.05) is 24.5 Å². The summed E-state index contributed by atoms with van der Waals surface area (Å²) in [5.41, 5.74) is 3.83. The lowest BCUT2D eigenvalue weighted by Crippen LogP contribution is -2.39. The SMILES string of the molecule is Cc1ccc2nc(C)c(C(=O)N3CCCC3C3CCCC3)cc2c1. The van der Waals surface area contributed by atoms with Crippen LogP contribution < -0.4 is 0 Å². The number of pyridine rings is 1. The van der Waals surface area contributed by atoms with Gasteiger partial charge in [0, 0.05) is 18.0 Å². The van der Waals surface area contributed by atoms with Crippen molar-refractivity contribution in [3.05, 3.63) is 41.1 Å². The molecule has 1 aromatic carbocycles. The zero-order valence-corrected chi connectivity index (χ0v) is 14.7. The highest BCUT2D eigenvalue weighted by Crippen LogP contribution is 2.36. The van der Waals surface area contributed by atoms with Crippen molar-refractivity contribution < 1.29 is 4.79 Å². The number of fused-ring (bicyclic) bond motifs is 1. The van der Waals surface area contributed by atoms with E-state index >= 15 is 0 Å². The fraction of sp³-hybridized carbons (Fsp3) is 0.524. The van der Waals surface area contributed by atoms with E-state index in [1.165, 1.54) is 37.7 Å². The van der Waals surface area contributed by atoms with E-state index in [1.54, 1.807) is 0 Å². The highest BCUT2D eigenvalue weighted by molar-refractivity contribution is 5.99. The van der Waals surface area contributed by atoms with Crippen molar-refractivity contribution in [2.45, 2.75) is 58.4 Å². The van der Waals surface area contributed by atoms with Crippen molar-refractivity contribution in [1.82, 2.24) is 9.88 Å². The molecule has 2 aromatic rings. The number of likely N-dealkylation sites (tertiary alicyclic amines) is 1. The molecule has 24 heavy (non-hydrogen) atoms. The third-order valence-corrected chi connectivity index (χ3v) is 5.90. The Morgan fingerprint density at radius 3 is 2.67 bits per heavy atom. The molecule has 4 rings (SSSR count). The van der Waals surface area contributed by atoms with Gasteiger partial charge in [0.05, 0.1) is 16.8 Å². The second-order valence-corrected chi connectivity index (χ2v) is 7.57.